The summed E-state index contributed by atoms with van der Waals surface area (Å²) in [6, 6.07) is -0.727. The van der Waals surface area contributed by atoms with Crippen molar-refractivity contribution < 1.29 is 24.5 Å². The Hall–Kier alpha value is -2.70. The molecule has 0 aliphatic carbocycles. The molecule has 0 aromatic carbocycles. The second kappa shape index (κ2) is 51.3. The summed E-state index contributed by atoms with van der Waals surface area (Å²) >= 11 is 0. The Bertz CT molecular complexity index is 1190. The van der Waals surface area contributed by atoms with E-state index in [9.17, 15) is 19.8 Å². The highest BCUT2D eigenvalue weighted by atomic mass is 16.5. The van der Waals surface area contributed by atoms with E-state index in [1.807, 2.05) is 60.8 Å². The Labute approximate surface area is 396 Å². The molecule has 0 fully saturated rings. The average Bonchev–Trinajstić information content (AvgIpc) is 3.29. The molecule has 0 saturated carbocycles. The van der Waals surface area contributed by atoms with Gasteiger partial charge in [0.1, 0.15) is 6.10 Å². The molecule has 0 aromatic rings. The van der Waals surface area contributed by atoms with Crippen LogP contribution in [0, 0.1) is 0 Å². The van der Waals surface area contributed by atoms with E-state index >= 15 is 0 Å². The van der Waals surface area contributed by atoms with E-state index in [0.29, 0.717) is 19.3 Å². The monoisotopic (exact) mass is 894 g/mol. The number of esters is 1. The molecular formula is C58H103NO5. The molecule has 0 aromatic heterocycles. The van der Waals surface area contributed by atoms with E-state index in [0.717, 1.165) is 57.8 Å². The normalized spacial score (nSPS) is 13.8. The van der Waals surface area contributed by atoms with Crippen molar-refractivity contribution >= 4 is 11.9 Å². The Morgan fingerprint density at radius 3 is 1.25 bits per heavy atom. The van der Waals surface area contributed by atoms with Crippen molar-refractivity contribution in [3.8, 4) is 0 Å². The van der Waals surface area contributed by atoms with Gasteiger partial charge in [-0.1, -0.05) is 280 Å². The van der Waals surface area contributed by atoms with Crippen LogP contribution in [0.5, 0.6) is 0 Å². The first kappa shape index (κ1) is 61.3. The van der Waals surface area contributed by atoms with Crippen LogP contribution in [-0.2, 0) is 14.3 Å². The quantitative estimate of drug-likeness (QED) is 0.0321. The van der Waals surface area contributed by atoms with Gasteiger partial charge >= 0.3 is 5.97 Å². The van der Waals surface area contributed by atoms with Crippen LogP contribution < -0.4 is 5.32 Å². The highest BCUT2D eigenvalue weighted by molar-refractivity contribution is 5.77. The van der Waals surface area contributed by atoms with Crippen LogP contribution in [0.2, 0.25) is 0 Å². The van der Waals surface area contributed by atoms with Crippen molar-refractivity contribution in [3.63, 3.8) is 0 Å². The number of nitrogens with one attached hydrogen (secondary N) is 1. The highest BCUT2D eigenvalue weighted by Gasteiger charge is 2.24. The van der Waals surface area contributed by atoms with Crippen LogP contribution >= 0.6 is 0 Å². The first-order valence-corrected chi connectivity index (χ1v) is 27.2. The zero-order valence-corrected chi connectivity index (χ0v) is 42.1. The molecule has 370 valence electrons. The number of allylic oxidation sites excluding steroid dienone is 12. The van der Waals surface area contributed by atoms with E-state index < -0.39 is 18.2 Å². The summed E-state index contributed by atoms with van der Waals surface area (Å²) in [5, 5.41) is 23.8. The molecular weight excluding hydrogens is 791 g/mol. The van der Waals surface area contributed by atoms with Gasteiger partial charge in [0.25, 0.3) is 0 Å². The smallest absolute Gasteiger partial charge is 0.306 e. The molecule has 0 spiro atoms. The van der Waals surface area contributed by atoms with E-state index in [1.54, 1.807) is 0 Å². The lowest BCUT2D eigenvalue weighted by Crippen LogP contribution is -2.46. The number of ether oxygens (including phenoxy) is 1. The molecule has 64 heavy (non-hydrogen) atoms. The second-order valence-corrected chi connectivity index (χ2v) is 18.4. The van der Waals surface area contributed by atoms with Crippen molar-refractivity contribution in [3.05, 3.63) is 72.9 Å². The van der Waals surface area contributed by atoms with Gasteiger partial charge in [0.2, 0.25) is 5.91 Å². The predicted molar refractivity (Wildman–Crippen MR) is 278 cm³/mol. The van der Waals surface area contributed by atoms with Crippen LogP contribution in [0.1, 0.15) is 258 Å². The van der Waals surface area contributed by atoms with E-state index in [4.69, 9.17) is 4.74 Å². The molecule has 0 aliphatic heterocycles. The summed E-state index contributed by atoms with van der Waals surface area (Å²) in [6.45, 7) is 6.33. The number of hydrogen-bond donors (Lipinski definition) is 3. The van der Waals surface area contributed by atoms with Gasteiger partial charge < -0.3 is 20.3 Å². The van der Waals surface area contributed by atoms with Gasteiger partial charge in [-0.15, -0.1) is 0 Å². The zero-order valence-electron chi connectivity index (χ0n) is 42.1. The molecule has 0 radical (unpaired) electrons. The molecule has 3 unspecified atom stereocenters. The fraction of sp³-hybridized carbons (Fsp3) is 0.759. The fourth-order valence-corrected chi connectivity index (χ4v) is 8.12. The third-order valence-corrected chi connectivity index (χ3v) is 12.2. The lowest BCUT2D eigenvalue weighted by molar-refractivity contribution is -0.151. The number of carbonyl (C=O) groups excluding carboxylic acids is 2. The summed E-state index contributed by atoms with van der Waals surface area (Å²) in [5.41, 5.74) is 0. The third-order valence-electron chi connectivity index (χ3n) is 12.2. The summed E-state index contributed by atoms with van der Waals surface area (Å²) in [4.78, 5) is 26.2. The Morgan fingerprint density at radius 1 is 0.469 bits per heavy atom. The van der Waals surface area contributed by atoms with Gasteiger partial charge in [-0.3, -0.25) is 9.59 Å². The molecule has 6 heteroatoms. The molecule has 0 bridgehead atoms. The van der Waals surface area contributed by atoms with Crippen LogP contribution in [0.4, 0.5) is 0 Å². The number of hydrogen-bond acceptors (Lipinski definition) is 5. The molecule has 1 amide bonds. The van der Waals surface area contributed by atoms with Crippen molar-refractivity contribution in [2.45, 2.75) is 277 Å². The minimum atomic E-state index is -0.810. The van der Waals surface area contributed by atoms with E-state index in [-0.39, 0.29) is 24.9 Å². The van der Waals surface area contributed by atoms with E-state index in [2.05, 4.69) is 38.2 Å². The van der Waals surface area contributed by atoms with Gasteiger partial charge in [0.05, 0.1) is 25.2 Å². The third kappa shape index (κ3) is 45.9. The Kier molecular flexibility index (Phi) is 49.1. The number of carbonyl (C=O) groups is 2. The molecule has 0 heterocycles. The molecule has 3 atom stereocenters. The maximum Gasteiger partial charge on any atom is 0.306 e. The standard InChI is InChI=1S/C58H103NO5/c1-4-7-10-13-16-19-22-25-27-28-30-33-35-38-41-44-47-50-56(61)55(53-60)59-57(62)52-54(49-46-43-40-37-34-32-29-26-23-20-17-14-11-8-5-2)64-58(63)51-48-45-42-39-36-31-24-21-18-15-12-9-6-3/h8,11,14,17,20,23,26,29,32,34,37,40,54-56,60-61H,4-7,9-10,12-13,15-16,18-19,21-22,24-25,27-28,30-31,33,35-36,38-39,41-53H2,1-3H3,(H,59,62)/b11-8-,17-14+,23-20+,29-26-,34-32+,40-37+. The van der Waals surface area contributed by atoms with Crippen molar-refractivity contribution in [1.29, 1.82) is 0 Å². The van der Waals surface area contributed by atoms with Crippen molar-refractivity contribution in [1.82, 2.24) is 5.32 Å². The molecule has 3 N–H and O–H groups in total. The van der Waals surface area contributed by atoms with Crippen LogP contribution in [0.3, 0.4) is 0 Å². The van der Waals surface area contributed by atoms with Gasteiger partial charge in [0.15, 0.2) is 0 Å². The first-order valence-electron chi connectivity index (χ1n) is 27.2. The molecule has 0 aliphatic rings. The lowest BCUT2D eigenvalue weighted by atomic mass is 10.0. The SMILES string of the molecule is CC\C=C/C=C/C=C/C=C\C=C\C=C\CCCC(CC(=O)NC(CO)C(O)CCCCCCCCCCCCCCCCCCC)OC(=O)CCCCCCCCCCCCCCC. The van der Waals surface area contributed by atoms with Crippen LogP contribution in [-0.4, -0.2) is 46.9 Å². The minimum Gasteiger partial charge on any atom is -0.462 e. The maximum absolute atomic E-state index is 13.2. The summed E-state index contributed by atoms with van der Waals surface area (Å²) < 4.78 is 5.90. The van der Waals surface area contributed by atoms with E-state index in [1.165, 1.54) is 154 Å². The summed E-state index contributed by atoms with van der Waals surface area (Å²) in [6.07, 6.45) is 65.4. The van der Waals surface area contributed by atoms with Crippen molar-refractivity contribution in [2.75, 3.05) is 6.61 Å². The molecule has 0 saturated heterocycles. The average molecular weight is 894 g/mol. The van der Waals surface area contributed by atoms with Crippen LogP contribution in [0.15, 0.2) is 72.9 Å². The van der Waals surface area contributed by atoms with Crippen molar-refractivity contribution in [2.24, 2.45) is 0 Å². The Balaban J connectivity index is 4.64. The number of aliphatic hydroxyl groups is 2. The number of unbranched alkanes of at least 4 members (excludes halogenated alkanes) is 29. The van der Waals surface area contributed by atoms with Crippen LogP contribution in [0.25, 0.3) is 0 Å². The van der Waals surface area contributed by atoms with Gasteiger partial charge in [-0.05, 0) is 38.5 Å². The topological polar surface area (TPSA) is 95.9 Å². The Morgan fingerprint density at radius 2 is 0.844 bits per heavy atom. The fourth-order valence-electron chi connectivity index (χ4n) is 8.12. The highest BCUT2D eigenvalue weighted by Crippen LogP contribution is 2.18. The summed E-state index contributed by atoms with van der Waals surface area (Å²) in [5.74, 6) is -0.544. The lowest BCUT2D eigenvalue weighted by Gasteiger charge is -2.24. The number of aliphatic hydroxyl groups excluding tert-OH is 2. The van der Waals surface area contributed by atoms with Gasteiger partial charge in [-0.2, -0.15) is 0 Å². The molecule has 0 rings (SSSR count). The summed E-state index contributed by atoms with van der Waals surface area (Å²) in [7, 11) is 0. The zero-order chi connectivity index (χ0) is 46.7. The molecule has 6 nitrogen and oxygen atoms in total. The minimum absolute atomic E-state index is 0.0265. The number of rotatable bonds is 48. The van der Waals surface area contributed by atoms with Gasteiger partial charge in [0, 0.05) is 6.42 Å². The largest absolute Gasteiger partial charge is 0.462 e. The number of amides is 1. The maximum atomic E-state index is 13.2. The first-order chi connectivity index (χ1) is 31.5. The second-order valence-electron chi connectivity index (χ2n) is 18.4. The predicted octanol–water partition coefficient (Wildman–Crippen LogP) is 16.6. The van der Waals surface area contributed by atoms with Gasteiger partial charge in [-0.25, -0.2) is 0 Å².